The molecule has 18 heavy (non-hydrogen) atoms. The highest BCUT2D eigenvalue weighted by atomic mass is 35.5. The highest BCUT2D eigenvalue weighted by Gasteiger charge is 2.09. The number of rotatable bonds is 2. The van der Waals surface area contributed by atoms with Crippen molar-refractivity contribution in [3.63, 3.8) is 0 Å². The summed E-state index contributed by atoms with van der Waals surface area (Å²) in [4.78, 5) is 15.2. The molecule has 0 unspecified atom stereocenters. The van der Waals surface area contributed by atoms with E-state index in [0.717, 1.165) is 4.68 Å². The second kappa shape index (κ2) is 4.83. The monoisotopic (exact) mass is 285 g/mol. The molecule has 0 radical (unpaired) electrons. The van der Waals surface area contributed by atoms with Crippen molar-refractivity contribution in [3.05, 3.63) is 38.6 Å². The van der Waals surface area contributed by atoms with E-state index in [0.29, 0.717) is 15.7 Å². The van der Waals surface area contributed by atoms with Gasteiger partial charge in [0.25, 0.3) is 0 Å². The Kier molecular flexibility index (Phi) is 3.40. The number of para-hydroxylation sites is 1. The number of aryl methyl sites for hydroxylation is 1. The van der Waals surface area contributed by atoms with E-state index < -0.39 is 5.56 Å². The Labute approximate surface area is 112 Å². The number of nitrogen functional groups attached to an aromatic ring is 1. The van der Waals surface area contributed by atoms with Crippen LogP contribution in [0.25, 0.3) is 0 Å². The lowest BCUT2D eigenvalue weighted by Gasteiger charge is -2.09. The Morgan fingerprint density at radius 2 is 1.94 bits per heavy atom. The van der Waals surface area contributed by atoms with Crippen LogP contribution < -0.4 is 16.6 Å². The molecule has 0 amide bonds. The molecule has 0 saturated carbocycles. The van der Waals surface area contributed by atoms with Crippen LogP contribution in [0.15, 0.2) is 23.0 Å². The number of aromatic nitrogens is 3. The van der Waals surface area contributed by atoms with Crippen LogP contribution in [0.2, 0.25) is 10.0 Å². The average Bonchev–Trinajstić information content (AvgIpc) is 2.31. The smallest absolute Gasteiger partial charge is 0.309 e. The Morgan fingerprint density at radius 3 is 2.50 bits per heavy atom. The number of hydrogen-bond donors (Lipinski definition) is 2. The van der Waals surface area contributed by atoms with Crippen LogP contribution in [0.4, 0.5) is 17.5 Å². The van der Waals surface area contributed by atoms with Crippen LogP contribution in [0.3, 0.4) is 0 Å². The van der Waals surface area contributed by atoms with Crippen molar-refractivity contribution in [1.82, 2.24) is 14.8 Å². The van der Waals surface area contributed by atoms with Gasteiger partial charge in [0, 0.05) is 7.05 Å². The van der Waals surface area contributed by atoms with Crippen LogP contribution in [0.1, 0.15) is 0 Å². The fourth-order valence-electron chi connectivity index (χ4n) is 1.32. The average molecular weight is 286 g/mol. The van der Waals surface area contributed by atoms with E-state index >= 15 is 0 Å². The topological polar surface area (TPSA) is 85.8 Å². The van der Waals surface area contributed by atoms with Crippen molar-refractivity contribution in [1.29, 1.82) is 0 Å². The van der Waals surface area contributed by atoms with E-state index in [1.165, 1.54) is 7.05 Å². The van der Waals surface area contributed by atoms with Gasteiger partial charge in [-0.1, -0.05) is 29.3 Å². The summed E-state index contributed by atoms with van der Waals surface area (Å²) < 4.78 is 1.08. The third-order valence-electron chi connectivity index (χ3n) is 2.18. The predicted molar refractivity (Wildman–Crippen MR) is 71.4 cm³/mol. The van der Waals surface area contributed by atoms with E-state index in [9.17, 15) is 4.79 Å². The summed E-state index contributed by atoms with van der Waals surface area (Å²) in [5.74, 6) is -0.0113. The van der Waals surface area contributed by atoms with Crippen molar-refractivity contribution < 1.29 is 0 Å². The second-order valence-electron chi connectivity index (χ2n) is 3.47. The lowest BCUT2D eigenvalue weighted by atomic mass is 10.3. The molecule has 3 N–H and O–H groups in total. The summed E-state index contributed by atoms with van der Waals surface area (Å²) in [6, 6.07) is 5.05. The van der Waals surface area contributed by atoms with Crippen molar-refractivity contribution in [2.75, 3.05) is 11.1 Å². The maximum Gasteiger partial charge on any atom is 0.309 e. The van der Waals surface area contributed by atoms with E-state index in [2.05, 4.69) is 15.4 Å². The summed E-state index contributed by atoms with van der Waals surface area (Å²) in [6.07, 6.45) is 0. The highest BCUT2D eigenvalue weighted by Crippen LogP contribution is 2.31. The van der Waals surface area contributed by atoms with Crippen molar-refractivity contribution in [2.45, 2.75) is 0 Å². The number of nitrogens with one attached hydrogen (secondary N) is 1. The Morgan fingerprint density at radius 1 is 1.33 bits per heavy atom. The van der Waals surface area contributed by atoms with Gasteiger partial charge in [-0.3, -0.25) is 4.79 Å². The third kappa shape index (κ3) is 2.39. The fourth-order valence-corrected chi connectivity index (χ4v) is 1.81. The standard InChI is InChI=1S/C10H9Cl2N5O/c1-17-9(18)8(13)15-10(16-17)14-7-5(11)3-2-4-6(7)12/h2-4H,1H3,(H3,13,14,15,16). The number of halogens is 2. The van der Waals surface area contributed by atoms with Crippen LogP contribution in [0, 0.1) is 0 Å². The molecule has 0 fully saturated rings. The molecule has 94 valence electrons. The molecule has 0 bridgehead atoms. The molecule has 1 aromatic carbocycles. The molecule has 0 aliphatic heterocycles. The molecule has 0 saturated heterocycles. The molecule has 8 heteroatoms. The first-order chi connectivity index (χ1) is 8.49. The fraction of sp³-hybridized carbons (Fsp3) is 0.100. The van der Waals surface area contributed by atoms with Gasteiger partial charge in [-0.2, -0.15) is 4.98 Å². The summed E-state index contributed by atoms with van der Waals surface area (Å²) in [7, 11) is 1.47. The molecule has 0 aliphatic rings. The summed E-state index contributed by atoms with van der Waals surface area (Å²) in [5, 5.41) is 7.55. The van der Waals surface area contributed by atoms with Crippen LogP contribution in [0.5, 0.6) is 0 Å². The largest absolute Gasteiger partial charge is 0.379 e. The van der Waals surface area contributed by atoms with Gasteiger partial charge in [-0.15, -0.1) is 5.10 Å². The normalized spacial score (nSPS) is 10.4. The molecule has 2 aromatic rings. The lowest BCUT2D eigenvalue weighted by Crippen LogP contribution is -2.25. The Hall–Kier alpha value is -1.79. The van der Waals surface area contributed by atoms with E-state index in [4.69, 9.17) is 28.9 Å². The second-order valence-corrected chi connectivity index (χ2v) is 4.29. The molecule has 1 heterocycles. The number of hydrogen-bond acceptors (Lipinski definition) is 5. The minimum Gasteiger partial charge on any atom is -0.379 e. The number of anilines is 3. The van der Waals surface area contributed by atoms with Crippen LogP contribution in [-0.2, 0) is 7.05 Å². The molecule has 0 spiro atoms. The Balaban J connectivity index is 2.44. The highest BCUT2D eigenvalue weighted by molar-refractivity contribution is 6.39. The zero-order chi connectivity index (χ0) is 13.3. The van der Waals surface area contributed by atoms with Gasteiger partial charge in [0.2, 0.25) is 5.95 Å². The summed E-state index contributed by atoms with van der Waals surface area (Å²) in [6.45, 7) is 0. The minimum absolute atomic E-state index is 0.143. The lowest BCUT2D eigenvalue weighted by molar-refractivity contribution is 0.700. The number of nitrogens with two attached hydrogens (primary N) is 1. The van der Waals surface area contributed by atoms with Crippen molar-refractivity contribution >= 4 is 40.7 Å². The van der Waals surface area contributed by atoms with Crippen LogP contribution >= 0.6 is 23.2 Å². The molecule has 6 nitrogen and oxygen atoms in total. The van der Waals surface area contributed by atoms with Crippen molar-refractivity contribution in [2.24, 2.45) is 7.05 Å². The Bertz CT molecular complexity index is 609. The van der Waals surface area contributed by atoms with Gasteiger partial charge >= 0.3 is 5.56 Å². The van der Waals surface area contributed by atoms with Gasteiger partial charge in [-0.05, 0) is 12.1 Å². The summed E-state index contributed by atoms with van der Waals surface area (Å²) >= 11 is 12.0. The zero-order valence-electron chi connectivity index (χ0n) is 9.32. The van der Waals surface area contributed by atoms with E-state index in [1.807, 2.05) is 0 Å². The van der Waals surface area contributed by atoms with Gasteiger partial charge < -0.3 is 11.1 Å². The summed E-state index contributed by atoms with van der Waals surface area (Å²) in [5.41, 5.74) is 5.45. The van der Waals surface area contributed by atoms with E-state index in [1.54, 1.807) is 18.2 Å². The predicted octanol–water partition coefficient (Wildman–Crippen LogP) is 1.81. The van der Waals surface area contributed by atoms with Crippen LogP contribution in [-0.4, -0.2) is 14.8 Å². The zero-order valence-corrected chi connectivity index (χ0v) is 10.8. The molecular formula is C10H9Cl2N5O. The first-order valence-corrected chi connectivity index (χ1v) is 5.66. The van der Waals surface area contributed by atoms with Gasteiger partial charge in [0.15, 0.2) is 5.82 Å². The maximum absolute atomic E-state index is 11.3. The molecule has 0 aliphatic carbocycles. The van der Waals surface area contributed by atoms with Gasteiger partial charge in [0.05, 0.1) is 15.7 Å². The molecule has 2 rings (SSSR count). The van der Waals surface area contributed by atoms with Crippen molar-refractivity contribution in [3.8, 4) is 0 Å². The molecular weight excluding hydrogens is 277 g/mol. The first kappa shape index (κ1) is 12.7. The van der Waals surface area contributed by atoms with Gasteiger partial charge in [-0.25, -0.2) is 4.68 Å². The maximum atomic E-state index is 11.3. The SMILES string of the molecule is Cn1nc(Nc2c(Cl)cccc2Cl)nc(N)c1=O. The van der Waals surface area contributed by atoms with Gasteiger partial charge in [0.1, 0.15) is 0 Å². The quantitative estimate of drug-likeness (QED) is 0.879. The minimum atomic E-state index is -0.467. The third-order valence-corrected chi connectivity index (χ3v) is 2.81. The molecule has 1 aromatic heterocycles. The van der Waals surface area contributed by atoms with E-state index in [-0.39, 0.29) is 11.8 Å². The number of nitrogens with zero attached hydrogens (tertiary/aromatic N) is 3. The first-order valence-electron chi connectivity index (χ1n) is 4.91. The molecule has 0 atom stereocenters. The number of benzene rings is 1.